The molecule has 1 aliphatic rings. The van der Waals surface area contributed by atoms with Crippen LogP contribution in [0.5, 0.6) is 0 Å². The fraction of sp³-hybridized carbons (Fsp3) is 0.0500. The van der Waals surface area contributed by atoms with Crippen molar-refractivity contribution in [2.24, 2.45) is 0 Å². The molecule has 3 heterocycles. The van der Waals surface area contributed by atoms with Crippen LogP contribution in [0.25, 0.3) is 66.1 Å². The van der Waals surface area contributed by atoms with Crippen LogP contribution in [0, 0.1) is 22.7 Å². The van der Waals surface area contributed by atoms with Gasteiger partial charge in [0.05, 0.1) is 45.3 Å². The van der Waals surface area contributed by atoms with Crippen LogP contribution >= 0.6 is 11.8 Å². The second-order valence-corrected chi connectivity index (χ2v) is 12.6. The van der Waals surface area contributed by atoms with E-state index in [4.69, 9.17) is 0 Å². The van der Waals surface area contributed by atoms with E-state index in [1.807, 2.05) is 36.0 Å². The van der Waals surface area contributed by atoms with Crippen molar-refractivity contribution < 1.29 is 0 Å². The van der Waals surface area contributed by atoms with Gasteiger partial charge in [-0.3, -0.25) is 0 Å². The van der Waals surface area contributed by atoms with Crippen molar-refractivity contribution in [3.8, 4) is 34.6 Å². The molecule has 0 radical (unpaired) electrons. The Labute approximate surface area is 264 Å². The number of benzene rings is 6. The molecule has 0 fully saturated rings. The Morgan fingerprint density at radius 1 is 0.467 bits per heavy atom. The van der Waals surface area contributed by atoms with Gasteiger partial charge in [0.15, 0.2) is 0 Å². The number of nitriles is 2. The summed E-state index contributed by atoms with van der Waals surface area (Å²) >= 11 is 1.95. The minimum absolute atomic E-state index is 0.666. The molecule has 210 valence electrons. The highest BCUT2D eigenvalue weighted by Gasteiger charge is 2.20. The summed E-state index contributed by atoms with van der Waals surface area (Å²) in [7, 11) is 0. The first-order valence-corrected chi connectivity index (χ1v) is 16.1. The third-order valence-electron chi connectivity index (χ3n) is 9.11. The van der Waals surface area contributed by atoms with Gasteiger partial charge >= 0.3 is 0 Å². The van der Waals surface area contributed by atoms with Crippen LogP contribution in [0.1, 0.15) is 22.3 Å². The Balaban J connectivity index is 1.28. The molecule has 0 saturated heterocycles. The number of fused-ring (bicyclic) bond motifs is 9. The predicted octanol–water partition coefficient (Wildman–Crippen LogP) is 10.0. The van der Waals surface area contributed by atoms with Crippen LogP contribution in [-0.2, 0) is 11.5 Å². The molecule has 5 heteroatoms. The Morgan fingerprint density at radius 2 is 0.911 bits per heavy atom. The standard InChI is InChI=1S/C40H24N4S/c41-21-25-9-15-39-35(17-25)31-5-1-3-7-37(31)43(39)29-13-11-27-23-45-24-28-12-14-30(20-34(28)33(27)19-29)44-38-8-4-2-6-32(38)36-18-26(22-42)10-16-40(36)44/h1-20H,23-24H2. The highest BCUT2D eigenvalue weighted by atomic mass is 32.2. The highest BCUT2D eigenvalue weighted by Crippen LogP contribution is 2.41. The topological polar surface area (TPSA) is 57.4 Å². The van der Waals surface area contributed by atoms with Gasteiger partial charge in [-0.05, 0) is 95.1 Å². The van der Waals surface area contributed by atoms with Crippen molar-refractivity contribution in [2.75, 3.05) is 0 Å². The predicted molar refractivity (Wildman–Crippen MR) is 185 cm³/mol. The van der Waals surface area contributed by atoms with Gasteiger partial charge in [0.2, 0.25) is 0 Å². The normalized spacial score (nSPS) is 12.6. The number of rotatable bonds is 2. The molecule has 1 aliphatic heterocycles. The Hall–Kier alpha value is -5.75. The SMILES string of the molecule is N#Cc1ccc2c(c1)c1ccccc1n2-c1ccc2c(c1)-c1cc(-n3c4ccccc4c4cc(C#N)ccc43)ccc1CSC2. The van der Waals surface area contributed by atoms with Crippen LogP contribution in [0.15, 0.2) is 121 Å². The average Bonchev–Trinajstić information content (AvgIpc) is 3.53. The van der Waals surface area contributed by atoms with Crippen LogP contribution in [0.3, 0.4) is 0 Å². The molecule has 0 saturated carbocycles. The minimum Gasteiger partial charge on any atom is -0.309 e. The molecule has 0 bridgehead atoms. The van der Waals surface area contributed by atoms with Crippen LogP contribution in [0.2, 0.25) is 0 Å². The quantitative estimate of drug-likeness (QED) is 0.201. The lowest BCUT2D eigenvalue weighted by molar-refractivity contribution is 1.17. The maximum absolute atomic E-state index is 9.60. The molecule has 0 spiro atoms. The summed E-state index contributed by atoms with van der Waals surface area (Å²) in [4.78, 5) is 0. The highest BCUT2D eigenvalue weighted by molar-refractivity contribution is 7.97. The van der Waals surface area contributed by atoms with Gasteiger partial charge in [-0.25, -0.2) is 0 Å². The van der Waals surface area contributed by atoms with Gasteiger partial charge in [-0.15, -0.1) is 0 Å². The molecular weight excluding hydrogens is 569 g/mol. The molecule has 4 nitrogen and oxygen atoms in total. The maximum Gasteiger partial charge on any atom is 0.0991 e. The Bertz CT molecular complexity index is 2430. The summed E-state index contributed by atoms with van der Waals surface area (Å²) < 4.78 is 4.65. The zero-order chi connectivity index (χ0) is 30.1. The van der Waals surface area contributed by atoms with Gasteiger partial charge in [0.1, 0.15) is 0 Å². The lowest BCUT2D eigenvalue weighted by atomic mass is 9.95. The van der Waals surface area contributed by atoms with Crippen molar-refractivity contribution >= 4 is 55.4 Å². The van der Waals surface area contributed by atoms with Crippen LogP contribution in [0.4, 0.5) is 0 Å². The molecule has 45 heavy (non-hydrogen) atoms. The molecule has 0 N–H and O–H groups in total. The van der Waals surface area contributed by atoms with Gasteiger partial charge in [0.25, 0.3) is 0 Å². The molecule has 6 aromatic carbocycles. The van der Waals surface area contributed by atoms with E-state index in [2.05, 4.69) is 118 Å². The van der Waals surface area contributed by atoms with Crippen molar-refractivity contribution in [2.45, 2.75) is 11.5 Å². The van der Waals surface area contributed by atoms with Gasteiger partial charge in [-0.1, -0.05) is 48.5 Å². The molecule has 0 aliphatic carbocycles. The third kappa shape index (κ3) is 3.85. The zero-order valence-electron chi connectivity index (χ0n) is 24.2. The lowest BCUT2D eigenvalue weighted by Crippen LogP contribution is -1.99. The second-order valence-electron chi connectivity index (χ2n) is 11.6. The molecule has 2 aromatic heterocycles. The van der Waals surface area contributed by atoms with E-state index in [1.54, 1.807) is 0 Å². The Kier molecular flexibility index (Phi) is 5.65. The van der Waals surface area contributed by atoms with Gasteiger partial charge in [0, 0.05) is 44.4 Å². The first kappa shape index (κ1) is 25.7. The number of aromatic nitrogens is 2. The van der Waals surface area contributed by atoms with E-state index in [-0.39, 0.29) is 0 Å². The summed E-state index contributed by atoms with van der Waals surface area (Å²) in [6, 6.07) is 47.2. The van der Waals surface area contributed by atoms with Crippen LogP contribution < -0.4 is 0 Å². The largest absolute Gasteiger partial charge is 0.309 e. The summed E-state index contributed by atoms with van der Waals surface area (Å²) in [5.74, 6) is 1.90. The number of thioether (sulfide) groups is 1. The number of nitrogens with zero attached hydrogens (tertiary/aromatic N) is 4. The maximum atomic E-state index is 9.60. The molecule has 9 rings (SSSR count). The second kappa shape index (κ2) is 9.89. The number of para-hydroxylation sites is 2. The van der Waals surface area contributed by atoms with E-state index >= 15 is 0 Å². The van der Waals surface area contributed by atoms with Gasteiger partial charge in [-0.2, -0.15) is 22.3 Å². The lowest BCUT2D eigenvalue weighted by Gasteiger charge is -2.16. The van der Waals surface area contributed by atoms with E-state index in [1.165, 1.54) is 22.3 Å². The first-order valence-electron chi connectivity index (χ1n) is 14.9. The monoisotopic (exact) mass is 592 g/mol. The van der Waals surface area contributed by atoms with Gasteiger partial charge < -0.3 is 9.13 Å². The Morgan fingerprint density at radius 3 is 1.38 bits per heavy atom. The van der Waals surface area contributed by atoms with E-state index in [0.717, 1.165) is 66.5 Å². The third-order valence-corrected chi connectivity index (χ3v) is 10.1. The number of hydrogen-bond acceptors (Lipinski definition) is 3. The van der Waals surface area contributed by atoms with Crippen molar-refractivity contribution in [3.05, 3.63) is 144 Å². The fourth-order valence-electron chi connectivity index (χ4n) is 7.07. The minimum atomic E-state index is 0.666. The molecule has 0 atom stereocenters. The van der Waals surface area contributed by atoms with E-state index in [0.29, 0.717) is 11.1 Å². The average molecular weight is 593 g/mol. The van der Waals surface area contributed by atoms with Crippen molar-refractivity contribution in [3.63, 3.8) is 0 Å². The summed E-state index contributed by atoms with van der Waals surface area (Å²) in [6.07, 6.45) is 0. The van der Waals surface area contributed by atoms with Crippen molar-refractivity contribution in [1.29, 1.82) is 10.5 Å². The zero-order valence-corrected chi connectivity index (χ0v) is 25.0. The summed E-state index contributed by atoms with van der Waals surface area (Å²) in [5.41, 5.74) is 13.1. The van der Waals surface area contributed by atoms with Crippen molar-refractivity contribution in [1.82, 2.24) is 9.13 Å². The molecule has 8 aromatic rings. The van der Waals surface area contributed by atoms with E-state index < -0.39 is 0 Å². The first-order chi connectivity index (χ1) is 22.2. The van der Waals surface area contributed by atoms with Crippen LogP contribution in [-0.4, -0.2) is 9.13 Å². The smallest absolute Gasteiger partial charge is 0.0991 e. The molecular formula is C40H24N4S. The fourth-order valence-corrected chi connectivity index (χ4v) is 8.12. The summed E-state index contributed by atoms with van der Waals surface area (Å²) in [5, 5.41) is 23.7. The van der Waals surface area contributed by atoms with E-state index in [9.17, 15) is 10.5 Å². The molecule has 0 amide bonds. The molecule has 0 unspecified atom stereocenters. The number of hydrogen-bond donors (Lipinski definition) is 0. The summed E-state index contributed by atoms with van der Waals surface area (Å²) in [6.45, 7) is 0.